The van der Waals surface area contributed by atoms with Crippen LogP contribution in [0.4, 0.5) is 4.79 Å². The number of amides is 3. The van der Waals surface area contributed by atoms with E-state index in [0.29, 0.717) is 39.7 Å². The smallest absolute Gasteiger partial charge is 0.322 e. The third-order valence-electron chi connectivity index (χ3n) is 6.78. The molecule has 7 heteroatoms. The van der Waals surface area contributed by atoms with E-state index in [1.54, 1.807) is 24.1 Å². The number of hydrogen-bond acceptors (Lipinski definition) is 2. The molecule has 3 amide bonds. The number of nitrogens with zero attached hydrogens (tertiary/aromatic N) is 2. The van der Waals surface area contributed by atoms with Gasteiger partial charge >= 0.3 is 6.03 Å². The first-order valence-electron chi connectivity index (χ1n) is 9.48. The molecule has 1 aromatic carbocycles. The minimum absolute atomic E-state index is 0.0236. The normalized spacial score (nSPS) is 32.4. The van der Waals surface area contributed by atoms with Gasteiger partial charge in [0, 0.05) is 13.1 Å². The SMILES string of the molecule is CN1C(=O)NC(c2cccc(Cl)c2Cl)C2=C1CN(C1CC3CCC1C3)C2=O. The predicted octanol–water partition coefficient (Wildman–Crippen LogP) is 3.97. The molecule has 5 rings (SSSR count). The number of hydrogen-bond donors (Lipinski definition) is 1. The van der Waals surface area contributed by atoms with E-state index in [-0.39, 0.29) is 11.9 Å². The molecule has 1 N–H and O–H groups in total. The summed E-state index contributed by atoms with van der Waals surface area (Å²) in [6, 6.07) is 4.82. The molecular weight excluding hydrogens is 385 g/mol. The molecule has 4 unspecified atom stereocenters. The molecule has 0 spiro atoms. The molecule has 0 radical (unpaired) electrons. The molecular formula is C20H21Cl2N3O2. The Bertz CT molecular complexity index is 884. The lowest BCUT2D eigenvalue weighted by Gasteiger charge is -2.32. The van der Waals surface area contributed by atoms with Crippen molar-refractivity contribution in [1.82, 2.24) is 15.1 Å². The summed E-state index contributed by atoms with van der Waals surface area (Å²) in [7, 11) is 1.72. The van der Waals surface area contributed by atoms with Gasteiger partial charge in [-0.3, -0.25) is 9.69 Å². The maximum absolute atomic E-state index is 13.4. The van der Waals surface area contributed by atoms with E-state index >= 15 is 0 Å². The Balaban J connectivity index is 1.54. The van der Waals surface area contributed by atoms with Gasteiger partial charge in [0.2, 0.25) is 0 Å². The zero-order chi connectivity index (χ0) is 18.9. The van der Waals surface area contributed by atoms with Gasteiger partial charge in [-0.15, -0.1) is 0 Å². The first kappa shape index (κ1) is 17.4. The van der Waals surface area contributed by atoms with Gasteiger partial charge in [-0.2, -0.15) is 0 Å². The van der Waals surface area contributed by atoms with Crippen molar-refractivity contribution in [3.63, 3.8) is 0 Å². The van der Waals surface area contributed by atoms with Crippen LogP contribution in [0.1, 0.15) is 37.3 Å². The zero-order valence-electron chi connectivity index (χ0n) is 15.0. The molecule has 2 bridgehead atoms. The number of halogens is 2. The van der Waals surface area contributed by atoms with Gasteiger partial charge in [0.1, 0.15) is 0 Å². The van der Waals surface area contributed by atoms with Gasteiger partial charge in [-0.1, -0.05) is 41.8 Å². The number of carbonyl (C=O) groups is 2. The molecule has 1 aromatic rings. The fraction of sp³-hybridized carbons (Fsp3) is 0.500. The molecule has 2 aliphatic heterocycles. The van der Waals surface area contributed by atoms with Crippen LogP contribution in [0.5, 0.6) is 0 Å². The van der Waals surface area contributed by atoms with Crippen LogP contribution < -0.4 is 5.32 Å². The van der Waals surface area contributed by atoms with Crippen molar-refractivity contribution < 1.29 is 9.59 Å². The highest BCUT2D eigenvalue weighted by molar-refractivity contribution is 6.42. The van der Waals surface area contributed by atoms with Gasteiger partial charge in [0.05, 0.1) is 33.9 Å². The Morgan fingerprint density at radius 1 is 1.15 bits per heavy atom. The monoisotopic (exact) mass is 405 g/mol. The molecule has 0 saturated heterocycles. The number of rotatable bonds is 2. The van der Waals surface area contributed by atoms with E-state index in [9.17, 15) is 9.59 Å². The third-order valence-corrected chi connectivity index (χ3v) is 7.62. The summed E-state index contributed by atoms with van der Waals surface area (Å²) in [6.45, 7) is 0.501. The average Bonchev–Trinajstić information content (AvgIpc) is 3.35. The van der Waals surface area contributed by atoms with E-state index in [0.717, 1.165) is 18.0 Å². The summed E-state index contributed by atoms with van der Waals surface area (Å²) in [5.41, 5.74) is 2.08. The Morgan fingerprint density at radius 2 is 1.96 bits per heavy atom. The Morgan fingerprint density at radius 3 is 2.67 bits per heavy atom. The van der Waals surface area contributed by atoms with Crippen molar-refractivity contribution in [2.45, 2.75) is 37.8 Å². The van der Waals surface area contributed by atoms with Crippen LogP contribution in [0, 0.1) is 11.8 Å². The van der Waals surface area contributed by atoms with E-state index in [1.807, 2.05) is 11.0 Å². The van der Waals surface area contributed by atoms with Crippen LogP contribution in [0.3, 0.4) is 0 Å². The summed E-state index contributed by atoms with van der Waals surface area (Å²) >= 11 is 12.6. The molecule has 4 aliphatic rings. The first-order chi connectivity index (χ1) is 13.0. The van der Waals surface area contributed by atoms with Crippen molar-refractivity contribution in [2.75, 3.05) is 13.6 Å². The summed E-state index contributed by atoms with van der Waals surface area (Å²) in [5.74, 6) is 1.37. The number of fused-ring (bicyclic) bond motifs is 2. The number of benzene rings is 1. The summed E-state index contributed by atoms with van der Waals surface area (Å²) in [6.07, 6.45) is 4.82. The van der Waals surface area contributed by atoms with Crippen LogP contribution in [0.2, 0.25) is 10.0 Å². The highest BCUT2D eigenvalue weighted by Crippen LogP contribution is 2.49. The maximum atomic E-state index is 13.4. The van der Waals surface area contributed by atoms with Crippen LogP contribution in [0.15, 0.2) is 29.5 Å². The molecule has 2 aliphatic carbocycles. The summed E-state index contributed by atoms with van der Waals surface area (Å²) in [5, 5.41) is 3.73. The van der Waals surface area contributed by atoms with Crippen LogP contribution in [0.25, 0.3) is 0 Å². The molecule has 4 atom stereocenters. The van der Waals surface area contributed by atoms with Crippen LogP contribution in [-0.2, 0) is 4.79 Å². The van der Waals surface area contributed by atoms with Crippen molar-refractivity contribution in [2.24, 2.45) is 11.8 Å². The van der Waals surface area contributed by atoms with E-state index in [2.05, 4.69) is 5.32 Å². The van der Waals surface area contributed by atoms with Gasteiger partial charge in [0.15, 0.2) is 0 Å². The number of urea groups is 1. The average molecular weight is 406 g/mol. The van der Waals surface area contributed by atoms with E-state index < -0.39 is 6.04 Å². The number of likely N-dealkylation sites (N-methyl/N-ethyl adjacent to an activating group) is 1. The lowest BCUT2D eigenvalue weighted by molar-refractivity contribution is -0.128. The largest absolute Gasteiger partial charge is 0.330 e. The molecule has 27 heavy (non-hydrogen) atoms. The molecule has 2 heterocycles. The van der Waals surface area contributed by atoms with Crippen molar-refractivity contribution in [3.05, 3.63) is 45.1 Å². The number of carbonyl (C=O) groups excluding carboxylic acids is 2. The maximum Gasteiger partial charge on any atom is 0.322 e. The van der Waals surface area contributed by atoms with Gasteiger partial charge < -0.3 is 10.2 Å². The Hall–Kier alpha value is -1.72. The Kier molecular flexibility index (Phi) is 3.96. The van der Waals surface area contributed by atoms with Crippen LogP contribution >= 0.6 is 23.2 Å². The summed E-state index contributed by atoms with van der Waals surface area (Å²) < 4.78 is 0. The second-order valence-electron chi connectivity index (χ2n) is 8.12. The molecule has 2 fully saturated rings. The fourth-order valence-corrected chi connectivity index (χ4v) is 5.84. The van der Waals surface area contributed by atoms with Gasteiger partial charge in [0.25, 0.3) is 5.91 Å². The quantitative estimate of drug-likeness (QED) is 0.808. The molecule has 5 nitrogen and oxygen atoms in total. The second-order valence-corrected chi connectivity index (χ2v) is 8.91. The lowest BCUT2D eigenvalue weighted by atomic mass is 9.93. The van der Waals surface area contributed by atoms with Crippen molar-refractivity contribution >= 4 is 35.1 Å². The highest BCUT2D eigenvalue weighted by atomic mass is 35.5. The fourth-order valence-electron chi connectivity index (χ4n) is 5.43. The topological polar surface area (TPSA) is 52.7 Å². The standard InChI is InChI=1S/C20H21Cl2N3O2/c1-24-15-9-25(14-8-10-5-6-11(14)7-10)19(26)16(15)18(23-20(24)27)12-3-2-4-13(21)17(12)22/h2-4,10-11,14,18H,5-9H2,1H3,(H,23,27). The van der Waals surface area contributed by atoms with Gasteiger partial charge in [-0.05, 0) is 42.7 Å². The third kappa shape index (κ3) is 2.51. The lowest BCUT2D eigenvalue weighted by Crippen LogP contribution is -2.45. The first-order valence-corrected chi connectivity index (χ1v) is 10.2. The predicted molar refractivity (Wildman–Crippen MR) is 103 cm³/mol. The minimum Gasteiger partial charge on any atom is -0.330 e. The summed E-state index contributed by atoms with van der Waals surface area (Å²) in [4.78, 5) is 29.6. The zero-order valence-corrected chi connectivity index (χ0v) is 16.6. The van der Waals surface area contributed by atoms with Crippen molar-refractivity contribution in [1.29, 1.82) is 0 Å². The molecule has 142 valence electrons. The van der Waals surface area contributed by atoms with E-state index in [4.69, 9.17) is 23.2 Å². The van der Waals surface area contributed by atoms with Crippen molar-refractivity contribution in [3.8, 4) is 0 Å². The van der Waals surface area contributed by atoms with Gasteiger partial charge in [-0.25, -0.2) is 4.79 Å². The van der Waals surface area contributed by atoms with Crippen LogP contribution in [-0.4, -0.2) is 41.4 Å². The number of nitrogens with one attached hydrogen (secondary N) is 1. The molecule has 2 saturated carbocycles. The minimum atomic E-state index is -0.564. The second kappa shape index (κ2) is 6.14. The highest BCUT2D eigenvalue weighted by Gasteiger charge is 2.50. The molecule has 0 aromatic heterocycles. The Labute approximate surface area is 168 Å². The van der Waals surface area contributed by atoms with E-state index in [1.165, 1.54) is 19.3 Å².